The number of nitrogens with zero attached hydrogens (tertiary/aromatic N) is 1. The summed E-state index contributed by atoms with van der Waals surface area (Å²) in [6.45, 7) is 4.84. The standard InChI is InChI=1S/C30H30ClN3O6S2/c1-20-5-12-26(13-6-20)42(38,39)34(28-18-23(31)9-8-22(28)3)19-30(35)32-24-10-14-25(15-11-24)41(36,37)33-27-17-21(2)7-16-29(27)40-4/h5-18,33H,19H2,1-4H3,(H,32,35). The number of carbonyl (C=O) groups excluding carboxylic acids is 1. The van der Waals surface area contributed by atoms with Crippen LogP contribution in [-0.4, -0.2) is 36.4 Å². The first-order chi connectivity index (χ1) is 19.8. The Labute approximate surface area is 251 Å². The van der Waals surface area contributed by atoms with Crippen molar-refractivity contribution in [3.05, 3.63) is 107 Å². The Balaban J connectivity index is 1.56. The van der Waals surface area contributed by atoms with Gasteiger partial charge in [0.15, 0.2) is 0 Å². The third kappa shape index (κ3) is 7.04. The summed E-state index contributed by atoms with van der Waals surface area (Å²) in [4.78, 5) is 13.1. The first-order valence-corrected chi connectivity index (χ1v) is 16.0. The van der Waals surface area contributed by atoms with E-state index in [-0.39, 0.29) is 21.2 Å². The van der Waals surface area contributed by atoms with Crippen molar-refractivity contribution in [2.75, 3.05) is 28.0 Å². The molecule has 0 spiro atoms. The molecule has 1 amide bonds. The van der Waals surface area contributed by atoms with Crippen LogP contribution in [0.5, 0.6) is 5.75 Å². The van der Waals surface area contributed by atoms with Crippen LogP contribution in [0.4, 0.5) is 17.1 Å². The minimum Gasteiger partial charge on any atom is -0.495 e. The van der Waals surface area contributed by atoms with Gasteiger partial charge < -0.3 is 10.1 Å². The third-order valence-corrected chi connectivity index (χ3v) is 9.77. The van der Waals surface area contributed by atoms with E-state index in [0.29, 0.717) is 22.0 Å². The fraction of sp³-hybridized carbons (Fsp3) is 0.167. The highest BCUT2D eigenvalue weighted by molar-refractivity contribution is 7.93. The highest BCUT2D eigenvalue weighted by atomic mass is 35.5. The van der Waals surface area contributed by atoms with Gasteiger partial charge >= 0.3 is 0 Å². The highest BCUT2D eigenvalue weighted by Gasteiger charge is 2.29. The average molecular weight is 628 g/mol. The minimum absolute atomic E-state index is 0.0209. The van der Waals surface area contributed by atoms with E-state index in [2.05, 4.69) is 10.0 Å². The van der Waals surface area contributed by atoms with Crippen molar-refractivity contribution in [2.24, 2.45) is 0 Å². The lowest BCUT2D eigenvalue weighted by Crippen LogP contribution is -2.38. The molecule has 4 aromatic carbocycles. The van der Waals surface area contributed by atoms with Crippen LogP contribution in [-0.2, 0) is 24.8 Å². The second-order valence-corrected chi connectivity index (χ2v) is 13.6. The molecule has 220 valence electrons. The second-order valence-electron chi connectivity index (χ2n) is 9.64. The Morgan fingerprint density at radius 3 is 2.07 bits per heavy atom. The van der Waals surface area contributed by atoms with Gasteiger partial charge in [0.1, 0.15) is 12.3 Å². The van der Waals surface area contributed by atoms with E-state index in [9.17, 15) is 21.6 Å². The van der Waals surface area contributed by atoms with Crippen LogP contribution in [0.3, 0.4) is 0 Å². The van der Waals surface area contributed by atoms with Crippen LogP contribution < -0.4 is 19.1 Å². The maximum absolute atomic E-state index is 13.7. The summed E-state index contributed by atoms with van der Waals surface area (Å²) in [6.07, 6.45) is 0. The van der Waals surface area contributed by atoms with Crippen LogP contribution in [0, 0.1) is 20.8 Å². The monoisotopic (exact) mass is 627 g/mol. The highest BCUT2D eigenvalue weighted by Crippen LogP contribution is 2.30. The number of amides is 1. The van der Waals surface area contributed by atoms with Gasteiger partial charge in [-0.2, -0.15) is 0 Å². The maximum Gasteiger partial charge on any atom is 0.264 e. The predicted molar refractivity (Wildman–Crippen MR) is 166 cm³/mol. The largest absolute Gasteiger partial charge is 0.495 e. The van der Waals surface area contributed by atoms with Gasteiger partial charge in [-0.3, -0.25) is 13.8 Å². The van der Waals surface area contributed by atoms with Crippen molar-refractivity contribution in [2.45, 2.75) is 30.6 Å². The number of ether oxygens (including phenoxy) is 1. The molecule has 0 unspecified atom stereocenters. The Hall–Kier alpha value is -4.06. The quantitative estimate of drug-likeness (QED) is 0.225. The topological polar surface area (TPSA) is 122 Å². The van der Waals surface area contributed by atoms with Crippen molar-refractivity contribution in [1.29, 1.82) is 0 Å². The molecule has 0 atom stereocenters. The molecule has 0 aliphatic rings. The van der Waals surface area contributed by atoms with Gasteiger partial charge in [0.2, 0.25) is 5.91 Å². The SMILES string of the molecule is COc1ccc(C)cc1NS(=O)(=O)c1ccc(NC(=O)CN(c2cc(Cl)ccc2C)S(=O)(=O)c2ccc(C)cc2)cc1. The predicted octanol–water partition coefficient (Wildman–Crippen LogP) is 5.91. The lowest BCUT2D eigenvalue weighted by molar-refractivity contribution is -0.114. The van der Waals surface area contributed by atoms with Crippen molar-refractivity contribution < 1.29 is 26.4 Å². The molecule has 0 aliphatic carbocycles. The first kappa shape index (κ1) is 30.9. The number of rotatable bonds is 10. The zero-order valence-corrected chi connectivity index (χ0v) is 25.8. The number of methoxy groups -OCH3 is 1. The lowest BCUT2D eigenvalue weighted by Gasteiger charge is -2.26. The van der Waals surface area contributed by atoms with Crippen LogP contribution in [0.25, 0.3) is 0 Å². The van der Waals surface area contributed by atoms with Crippen molar-refractivity contribution >= 4 is 54.6 Å². The summed E-state index contributed by atoms with van der Waals surface area (Å²) >= 11 is 6.19. The molecule has 0 heterocycles. The molecular weight excluding hydrogens is 598 g/mol. The molecule has 0 saturated carbocycles. The number of halogens is 1. The second kappa shape index (κ2) is 12.4. The Morgan fingerprint density at radius 2 is 1.43 bits per heavy atom. The molecule has 0 fully saturated rings. The average Bonchev–Trinajstić information content (AvgIpc) is 2.93. The summed E-state index contributed by atoms with van der Waals surface area (Å²) in [5, 5.41) is 2.96. The number of hydrogen-bond donors (Lipinski definition) is 2. The van der Waals surface area contributed by atoms with Crippen LogP contribution in [0.1, 0.15) is 16.7 Å². The van der Waals surface area contributed by atoms with Crippen LogP contribution >= 0.6 is 11.6 Å². The van der Waals surface area contributed by atoms with Gasteiger partial charge in [-0.15, -0.1) is 0 Å². The number of anilines is 3. The molecule has 12 heteroatoms. The summed E-state index contributed by atoms with van der Waals surface area (Å²) in [6, 6.07) is 21.7. The molecule has 4 rings (SSSR count). The van der Waals surface area contributed by atoms with Gasteiger partial charge in [-0.1, -0.05) is 41.4 Å². The van der Waals surface area contributed by atoms with E-state index in [0.717, 1.165) is 15.4 Å². The molecule has 42 heavy (non-hydrogen) atoms. The van der Waals surface area contributed by atoms with Crippen molar-refractivity contribution in [3.63, 3.8) is 0 Å². The third-order valence-electron chi connectivity index (χ3n) is 6.38. The summed E-state index contributed by atoms with van der Waals surface area (Å²) in [5.41, 5.74) is 3.17. The summed E-state index contributed by atoms with van der Waals surface area (Å²) in [7, 11) is -6.67. The Kier molecular flexibility index (Phi) is 9.15. The molecule has 0 aromatic heterocycles. The fourth-order valence-corrected chi connectivity index (χ4v) is 6.85. The fourth-order valence-electron chi connectivity index (χ4n) is 4.14. The zero-order chi connectivity index (χ0) is 30.7. The van der Waals surface area contributed by atoms with E-state index in [1.54, 1.807) is 49.4 Å². The molecular formula is C30H30ClN3O6S2. The number of nitrogens with one attached hydrogen (secondary N) is 2. The van der Waals surface area contributed by atoms with E-state index >= 15 is 0 Å². The van der Waals surface area contributed by atoms with Gasteiger partial charge in [-0.25, -0.2) is 16.8 Å². The van der Waals surface area contributed by atoms with Crippen LogP contribution in [0.15, 0.2) is 94.7 Å². The molecule has 0 aliphatic heterocycles. The number of aryl methyl sites for hydroxylation is 3. The number of hydrogen-bond acceptors (Lipinski definition) is 6. The first-order valence-electron chi connectivity index (χ1n) is 12.7. The Bertz CT molecular complexity index is 1830. The number of benzene rings is 4. The maximum atomic E-state index is 13.7. The van der Waals surface area contributed by atoms with Gasteiger partial charge in [0.05, 0.1) is 28.3 Å². The van der Waals surface area contributed by atoms with E-state index in [4.69, 9.17) is 16.3 Å². The van der Waals surface area contributed by atoms with Gasteiger partial charge in [-0.05, 0) is 92.6 Å². The van der Waals surface area contributed by atoms with Gasteiger partial charge in [0.25, 0.3) is 20.0 Å². The van der Waals surface area contributed by atoms with E-state index in [1.807, 2.05) is 13.8 Å². The summed E-state index contributed by atoms with van der Waals surface area (Å²) in [5.74, 6) is -0.267. The smallest absolute Gasteiger partial charge is 0.264 e. The lowest BCUT2D eigenvalue weighted by atomic mass is 10.2. The molecule has 4 aromatic rings. The zero-order valence-electron chi connectivity index (χ0n) is 23.4. The van der Waals surface area contributed by atoms with Gasteiger partial charge in [0, 0.05) is 10.7 Å². The molecule has 0 bridgehead atoms. The molecule has 9 nitrogen and oxygen atoms in total. The van der Waals surface area contributed by atoms with Crippen molar-refractivity contribution in [3.8, 4) is 5.75 Å². The summed E-state index contributed by atoms with van der Waals surface area (Å²) < 4.78 is 62.2. The van der Waals surface area contributed by atoms with E-state index in [1.165, 1.54) is 49.6 Å². The number of sulfonamides is 2. The molecule has 0 saturated heterocycles. The van der Waals surface area contributed by atoms with Crippen molar-refractivity contribution in [1.82, 2.24) is 0 Å². The molecule has 2 N–H and O–H groups in total. The number of carbonyl (C=O) groups is 1. The van der Waals surface area contributed by atoms with Crippen LogP contribution in [0.2, 0.25) is 5.02 Å². The minimum atomic E-state index is -4.15. The normalized spacial score (nSPS) is 11.5. The Morgan fingerprint density at radius 1 is 0.810 bits per heavy atom. The molecule has 0 radical (unpaired) electrons. The van der Waals surface area contributed by atoms with E-state index < -0.39 is 32.5 Å².